The number of hydrogen-bond acceptors (Lipinski definition) is 4. The molecule has 1 atom stereocenters. The van der Waals surface area contributed by atoms with Crippen molar-refractivity contribution in [3.05, 3.63) is 0 Å². The van der Waals surface area contributed by atoms with Crippen molar-refractivity contribution in [1.29, 1.82) is 0 Å². The molecule has 1 amide bonds. The average Bonchev–Trinajstić information content (AvgIpc) is 2.27. The molecule has 0 spiro atoms. The molecule has 1 aliphatic rings. The fourth-order valence-electron chi connectivity index (χ4n) is 1.37. The van der Waals surface area contributed by atoms with Gasteiger partial charge < -0.3 is 19.5 Å². The lowest BCUT2D eigenvalue weighted by Crippen LogP contribution is -2.49. The second kappa shape index (κ2) is 6.01. The topological polar surface area (TPSA) is 76.1 Å². The molecule has 18 heavy (non-hydrogen) atoms. The summed E-state index contributed by atoms with van der Waals surface area (Å²) >= 11 is 0. The third kappa shape index (κ3) is 4.88. The van der Waals surface area contributed by atoms with Gasteiger partial charge in [0.25, 0.3) is 0 Å². The maximum atomic E-state index is 11.8. The maximum absolute atomic E-state index is 11.8. The SMILES string of the molecule is O=C(O)[C@H]1CN(C(=O)COCC(F)(F)F)CCO1. The summed E-state index contributed by atoms with van der Waals surface area (Å²) in [6.07, 6.45) is -5.64. The summed E-state index contributed by atoms with van der Waals surface area (Å²) in [5.41, 5.74) is 0. The van der Waals surface area contributed by atoms with Crippen molar-refractivity contribution in [1.82, 2.24) is 4.90 Å². The van der Waals surface area contributed by atoms with E-state index in [0.29, 0.717) is 0 Å². The van der Waals surface area contributed by atoms with Crippen LogP contribution in [-0.2, 0) is 19.1 Å². The Morgan fingerprint density at radius 2 is 2.11 bits per heavy atom. The van der Waals surface area contributed by atoms with Gasteiger partial charge in [-0.1, -0.05) is 0 Å². The summed E-state index contributed by atoms with van der Waals surface area (Å²) in [6, 6.07) is 0. The van der Waals surface area contributed by atoms with Crippen molar-refractivity contribution in [2.45, 2.75) is 12.3 Å². The summed E-state index contributed by atoms with van der Waals surface area (Å²) < 4.78 is 44.4. The summed E-state index contributed by atoms with van der Waals surface area (Å²) in [6.45, 7) is -2.26. The highest BCUT2D eigenvalue weighted by atomic mass is 19.4. The molecular formula is C9H12F3NO5. The quantitative estimate of drug-likeness (QED) is 0.771. The number of ether oxygens (including phenoxy) is 2. The second-order valence-corrected chi connectivity index (χ2v) is 3.65. The Kier molecular flexibility index (Phi) is 4.91. The van der Waals surface area contributed by atoms with E-state index in [1.807, 2.05) is 0 Å². The van der Waals surface area contributed by atoms with E-state index in [1.54, 1.807) is 0 Å². The molecule has 0 aromatic rings. The molecule has 1 saturated heterocycles. The van der Waals surface area contributed by atoms with Gasteiger partial charge in [-0.2, -0.15) is 13.2 Å². The highest BCUT2D eigenvalue weighted by molar-refractivity contribution is 5.79. The first-order chi connectivity index (χ1) is 8.29. The van der Waals surface area contributed by atoms with Gasteiger partial charge in [0.05, 0.1) is 13.2 Å². The van der Waals surface area contributed by atoms with Crippen molar-refractivity contribution >= 4 is 11.9 Å². The van der Waals surface area contributed by atoms with Crippen LogP contribution in [0.3, 0.4) is 0 Å². The summed E-state index contributed by atoms with van der Waals surface area (Å²) in [7, 11) is 0. The number of rotatable bonds is 4. The van der Waals surface area contributed by atoms with E-state index < -0.39 is 37.4 Å². The predicted octanol–water partition coefficient (Wildman–Crippen LogP) is -0.123. The zero-order valence-electron chi connectivity index (χ0n) is 9.27. The minimum absolute atomic E-state index is 0.0297. The molecule has 0 unspecified atom stereocenters. The zero-order chi connectivity index (χ0) is 13.8. The smallest absolute Gasteiger partial charge is 0.411 e. The number of carboxylic acids is 1. The molecule has 0 saturated carbocycles. The normalized spacial score (nSPS) is 20.8. The number of carbonyl (C=O) groups is 2. The number of morpholine rings is 1. The molecule has 1 N–H and O–H groups in total. The van der Waals surface area contributed by atoms with Crippen molar-refractivity contribution in [3.63, 3.8) is 0 Å². The number of hydrogen-bond donors (Lipinski definition) is 1. The van der Waals surface area contributed by atoms with E-state index in [2.05, 4.69) is 4.74 Å². The molecule has 6 nitrogen and oxygen atoms in total. The zero-order valence-corrected chi connectivity index (χ0v) is 9.27. The first kappa shape index (κ1) is 14.7. The van der Waals surface area contributed by atoms with Crippen molar-refractivity contribution in [3.8, 4) is 0 Å². The van der Waals surface area contributed by atoms with Crippen LogP contribution >= 0.6 is 0 Å². The van der Waals surface area contributed by atoms with Crippen LogP contribution in [-0.4, -0.2) is 67.1 Å². The molecule has 0 aromatic heterocycles. The number of halogens is 3. The van der Waals surface area contributed by atoms with E-state index in [0.717, 1.165) is 4.90 Å². The van der Waals surface area contributed by atoms with Gasteiger partial charge in [-0.25, -0.2) is 4.79 Å². The van der Waals surface area contributed by atoms with Crippen LogP contribution < -0.4 is 0 Å². The van der Waals surface area contributed by atoms with Gasteiger partial charge in [-0.3, -0.25) is 4.79 Å². The highest BCUT2D eigenvalue weighted by Gasteiger charge is 2.31. The number of carboxylic acid groups (broad SMARTS) is 1. The van der Waals surface area contributed by atoms with Crippen molar-refractivity contribution in [2.24, 2.45) is 0 Å². The molecule has 104 valence electrons. The fraction of sp³-hybridized carbons (Fsp3) is 0.778. The molecule has 9 heteroatoms. The Morgan fingerprint density at radius 3 is 2.67 bits per heavy atom. The Hall–Kier alpha value is -1.35. The maximum Gasteiger partial charge on any atom is 0.411 e. The molecule has 1 rings (SSSR count). The molecule has 1 fully saturated rings. The van der Waals surface area contributed by atoms with Gasteiger partial charge in [-0.15, -0.1) is 0 Å². The van der Waals surface area contributed by atoms with Gasteiger partial charge in [0, 0.05) is 6.54 Å². The Balaban J connectivity index is 2.35. The van der Waals surface area contributed by atoms with Gasteiger partial charge in [0.2, 0.25) is 5.91 Å². The second-order valence-electron chi connectivity index (χ2n) is 3.65. The lowest BCUT2D eigenvalue weighted by Gasteiger charge is -2.30. The molecule has 0 aliphatic carbocycles. The number of aliphatic carboxylic acids is 1. The van der Waals surface area contributed by atoms with Crippen LogP contribution in [0.2, 0.25) is 0 Å². The van der Waals surface area contributed by atoms with Crippen LogP contribution in [0.4, 0.5) is 13.2 Å². The fourth-order valence-corrected chi connectivity index (χ4v) is 1.37. The standard InChI is InChI=1S/C9H12F3NO5/c10-9(11,12)5-17-4-7(14)13-1-2-18-6(3-13)8(15)16/h6H,1-5H2,(H,15,16)/t6-/m1/s1. The van der Waals surface area contributed by atoms with Gasteiger partial charge in [0.1, 0.15) is 13.2 Å². The highest BCUT2D eigenvalue weighted by Crippen LogP contribution is 2.14. The average molecular weight is 271 g/mol. The van der Waals surface area contributed by atoms with E-state index in [-0.39, 0.29) is 19.7 Å². The molecule has 0 bridgehead atoms. The van der Waals surface area contributed by atoms with E-state index in [9.17, 15) is 22.8 Å². The van der Waals surface area contributed by atoms with Crippen LogP contribution in [0.25, 0.3) is 0 Å². The van der Waals surface area contributed by atoms with Crippen LogP contribution in [0.1, 0.15) is 0 Å². The lowest BCUT2D eigenvalue weighted by molar-refractivity contribution is -0.179. The third-order valence-electron chi connectivity index (χ3n) is 2.19. The molecule has 0 radical (unpaired) electrons. The Morgan fingerprint density at radius 1 is 1.44 bits per heavy atom. The molecular weight excluding hydrogens is 259 g/mol. The summed E-state index contributed by atoms with van der Waals surface area (Å²) in [4.78, 5) is 23.2. The minimum Gasteiger partial charge on any atom is -0.479 e. The van der Waals surface area contributed by atoms with E-state index in [4.69, 9.17) is 9.84 Å². The lowest BCUT2D eigenvalue weighted by atomic mass is 10.2. The van der Waals surface area contributed by atoms with Crippen LogP contribution in [0.5, 0.6) is 0 Å². The molecule has 1 aliphatic heterocycles. The summed E-state index contributed by atoms with van der Waals surface area (Å²) in [5, 5.41) is 8.68. The van der Waals surface area contributed by atoms with E-state index in [1.165, 1.54) is 0 Å². The third-order valence-corrected chi connectivity index (χ3v) is 2.19. The minimum atomic E-state index is -4.49. The summed E-state index contributed by atoms with van der Waals surface area (Å²) in [5.74, 6) is -1.91. The molecule has 0 aromatic carbocycles. The van der Waals surface area contributed by atoms with Gasteiger partial charge in [0.15, 0.2) is 6.10 Å². The first-order valence-electron chi connectivity index (χ1n) is 5.06. The predicted molar refractivity (Wildman–Crippen MR) is 50.8 cm³/mol. The van der Waals surface area contributed by atoms with Crippen molar-refractivity contribution < 1.29 is 37.3 Å². The monoisotopic (exact) mass is 271 g/mol. The van der Waals surface area contributed by atoms with E-state index >= 15 is 0 Å². The number of alkyl halides is 3. The number of nitrogens with zero attached hydrogens (tertiary/aromatic N) is 1. The van der Waals surface area contributed by atoms with Gasteiger partial charge in [-0.05, 0) is 0 Å². The number of amides is 1. The van der Waals surface area contributed by atoms with Crippen molar-refractivity contribution in [2.75, 3.05) is 32.9 Å². The largest absolute Gasteiger partial charge is 0.479 e. The van der Waals surface area contributed by atoms with Crippen LogP contribution in [0.15, 0.2) is 0 Å². The number of carbonyl (C=O) groups excluding carboxylic acids is 1. The molecule has 1 heterocycles. The van der Waals surface area contributed by atoms with Crippen LogP contribution in [0, 0.1) is 0 Å². The Bertz CT molecular complexity index is 320. The first-order valence-corrected chi connectivity index (χ1v) is 5.06. The van der Waals surface area contributed by atoms with Gasteiger partial charge >= 0.3 is 12.1 Å². The Labute approximate surface area is 100 Å².